The predicted octanol–water partition coefficient (Wildman–Crippen LogP) is 1.15. The number of methoxy groups -OCH3 is 2. The van der Waals surface area contributed by atoms with Crippen LogP contribution in [0.3, 0.4) is 0 Å². The molecule has 0 saturated carbocycles. The molecule has 94 valence electrons. The highest BCUT2D eigenvalue weighted by Gasteiger charge is 2.31. The van der Waals surface area contributed by atoms with Crippen LogP contribution in [0.2, 0.25) is 0 Å². The quantitative estimate of drug-likeness (QED) is 0.663. The van der Waals surface area contributed by atoms with E-state index in [0.29, 0.717) is 5.92 Å². The summed E-state index contributed by atoms with van der Waals surface area (Å²) in [5.41, 5.74) is 0. The summed E-state index contributed by atoms with van der Waals surface area (Å²) in [7, 11) is 3.19. The van der Waals surface area contributed by atoms with E-state index < -0.39 is 0 Å². The first kappa shape index (κ1) is 13.5. The second-order valence-corrected chi connectivity index (χ2v) is 4.66. The number of carbonyl (C=O) groups is 1. The Morgan fingerprint density at radius 3 is 2.69 bits per heavy atom. The molecule has 0 aromatic rings. The normalized spacial score (nSPS) is 25.4. The maximum absolute atomic E-state index is 11.4. The monoisotopic (exact) mass is 229 g/mol. The van der Waals surface area contributed by atoms with E-state index in [1.807, 2.05) is 6.92 Å². The summed E-state index contributed by atoms with van der Waals surface area (Å²) in [5.74, 6) is 0.422. The van der Waals surface area contributed by atoms with Crippen molar-refractivity contribution in [1.29, 1.82) is 0 Å². The summed E-state index contributed by atoms with van der Waals surface area (Å²) in [6.45, 7) is 6.92. The summed E-state index contributed by atoms with van der Waals surface area (Å²) in [5, 5.41) is 0. The van der Waals surface area contributed by atoms with Crippen molar-refractivity contribution in [2.45, 2.75) is 26.3 Å². The lowest BCUT2D eigenvalue weighted by atomic mass is 10.0. The third kappa shape index (κ3) is 3.19. The molecule has 3 unspecified atom stereocenters. The van der Waals surface area contributed by atoms with Crippen molar-refractivity contribution in [3.63, 3.8) is 0 Å². The van der Waals surface area contributed by atoms with Gasteiger partial charge in [0.1, 0.15) is 0 Å². The Hall–Kier alpha value is -0.610. The minimum absolute atomic E-state index is 0.0636. The second-order valence-electron chi connectivity index (χ2n) is 4.66. The van der Waals surface area contributed by atoms with E-state index in [1.165, 1.54) is 7.11 Å². The Kier molecular flexibility index (Phi) is 5.22. The Balaban J connectivity index is 2.43. The lowest BCUT2D eigenvalue weighted by molar-refractivity contribution is -0.146. The number of hydrogen-bond donors (Lipinski definition) is 0. The Morgan fingerprint density at radius 1 is 1.44 bits per heavy atom. The van der Waals surface area contributed by atoms with Gasteiger partial charge in [-0.25, -0.2) is 0 Å². The number of ether oxygens (including phenoxy) is 2. The molecule has 0 radical (unpaired) electrons. The van der Waals surface area contributed by atoms with Gasteiger partial charge in [0.15, 0.2) is 0 Å². The molecule has 1 rings (SSSR count). The molecule has 0 spiro atoms. The molecule has 0 amide bonds. The number of carbonyl (C=O) groups excluding carboxylic acids is 1. The highest BCUT2D eigenvalue weighted by atomic mass is 16.5. The highest BCUT2D eigenvalue weighted by molar-refractivity contribution is 5.72. The SMILES string of the molecule is COCC1CCN(C(C)C(C)C(=O)OC)C1. The summed E-state index contributed by atoms with van der Waals surface area (Å²) in [6.07, 6.45) is 1.16. The van der Waals surface area contributed by atoms with Gasteiger partial charge in [-0.3, -0.25) is 9.69 Å². The Bertz CT molecular complexity index is 232. The molecule has 16 heavy (non-hydrogen) atoms. The van der Waals surface area contributed by atoms with Crippen LogP contribution < -0.4 is 0 Å². The smallest absolute Gasteiger partial charge is 0.309 e. The third-order valence-corrected chi connectivity index (χ3v) is 3.59. The molecular formula is C12H23NO3. The van der Waals surface area contributed by atoms with Gasteiger partial charge in [0.2, 0.25) is 0 Å². The fourth-order valence-corrected chi connectivity index (χ4v) is 2.30. The minimum Gasteiger partial charge on any atom is -0.469 e. The van der Waals surface area contributed by atoms with Gasteiger partial charge in [-0.15, -0.1) is 0 Å². The molecule has 4 nitrogen and oxygen atoms in total. The van der Waals surface area contributed by atoms with E-state index in [2.05, 4.69) is 11.8 Å². The molecule has 0 bridgehead atoms. The van der Waals surface area contributed by atoms with Crippen LogP contribution in [0.15, 0.2) is 0 Å². The molecule has 4 heteroatoms. The summed E-state index contributed by atoms with van der Waals surface area (Å²) < 4.78 is 9.94. The van der Waals surface area contributed by atoms with Gasteiger partial charge >= 0.3 is 5.97 Å². The van der Waals surface area contributed by atoms with Crippen molar-refractivity contribution in [3.05, 3.63) is 0 Å². The van der Waals surface area contributed by atoms with Crippen LogP contribution in [-0.2, 0) is 14.3 Å². The van der Waals surface area contributed by atoms with Gasteiger partial charge in [-0.2, -0.15) is 0 Å². The third-order valence-electron chi connectivity index (χ3n) is 3.59. The largest absolute Gasteiger partial charge is 0.469 e. The van der Waals surface area contributed by atoms with Crippen molar-refractivity contribution >= 4 is 5.97 Å². The van der Waals surface area contributed by atoms with E-state index in [0.717, 1.165) is 26.1 Å². The number of rotatable bonds is 5. The average Bonchev–Trinajstić information content (AvgIpc) is 2.75. The number of esters is 1. The highest BCUT2D eigenvalue weighted by Crippen LogP contribution is 2.22. The predicted molar refractivity (Wildman–Crippen MR) is 62.2 cm³/mol. The zero-order valence-corrected chi connectivity index (χ0v) is 10.7. The number of hydrogen-bond acceptors (Lipinski definition) is 4. The van der Waals surface area contributed by atoms with Gasteiger partial charge in [0, 0.05) is 19.7 Å². The molecule has 1 heterocycles. The van der Waals surface area contributed by atoms with Crippen LogP contribution in [-0.4, -0.2) is 50.8 Å². The molecule has 1 saturated heterocycles. The molecule has 1 aliphatic rings. The Morgan fingerprint density at radius 2 is 2.12 bits per heavy atom. The lowest BCUT2D eigenvalue weighted by Gasteiger charge is -2.28. The maximum Gasteiger partial charge on any atom is 0.309 e. The Labute approximate surface area is 97.9 Å². The number of nitrogens with zero attached hydrogens (tertiary/aromatic N) is 1. The topological polar surface area (TPSA) is 38.8 Å². The van der Waals surface area contributed by atoms with Gasteiger partial charge < -0.3 is 9.47 Å². The zero-order valence-electron chi connectivity index (χ0n) is 10.7. The lowest BCUT2D eigenvalue weighted by Crippen LogP contribution is -2.39. The first-order valence-electron chi connectivity index (χ1n) is 5.91. The van der Waals surface area contributed by atoms with Crippen LogP contribution in [0, 0.1) is 11.8 Å². The molecular weight excluding hydrogens is 206 g/mol. The van der Waals surface area contributed by atoms with Crippen molar-refractivity contribution in [2.24, 2.45) is 11.8 Å². The maximum atomic E-state index is 11.4. The second kappa shape index (κ2) is 6.21. The molecule has 0 aromatic heterocycles. The van der Waals surface area contributed by atoms with Crippen LogP contribution in [0.25, 0.3) is 0 Å². The molecule has 1 aliphatic heterocycles. The molecule has 0 aromatic carbocycles. The van der Waals surface area contributed by atoms with E-state index >= 15 is 0 Å². The van der Waals surface area contributed by atoms with Crippen molar-refractivity contribution in [1.82, 2.24) is 4.90 Å². The van der Waals surface area contributed by atoms with Crippen LogP contribution in [0.1, 0.15) is 20.3 Å². The average molecular weight is 229 g/mol. The molecule has 0 aliphatic carbocycles. The van der Waals surface area contributed by atoms with Crippen molar-refractivity contribution < 1.29 is 14.3 Å². The van der Waals surface area contributed by atoms with Crippen LogP contribution in [0.5, 0.6) is 0 Å². The van der Waals surface area contributed by atoms with E-state index in [-0.39, 0.29) is 17.9 Å². The fourth-order valence-electron chi connectivity index (χ4n) is 2.30. The van der Waals surface area contributed by atoms with Gasteiger partial charge in [0.25, 0.3) is 0 Å². The first-order chi connectivity index (χ1) is 7.60. The molecule has 0 N–H and O–H groups in total. The minimum atomic E-state index is -0.123. The van der Waals surface area contributed by atoms with Gasteiger partial charge in [-0.05, 0) is 25.8 Å². The summed E-state index contributed by atoms with van der Waals surface area (Å²) >= 11 is 0. The first-order valence-corrected chi connectivity index (χ1v) is 5.91. The zero-order chi connectivity index (χ0) is 12.1. The summed E-state index contributed by atoms with van der Waals surface area (Å²) in [4.78, 5) is 13.8. The van der Waals surface area contributed by atoms with Crippen LogP contribution >= 0.6 is 0 Å². The molecule has 1 fully saturated rings. The van der Waals surface area contributed by atoms with Crippen molar-refractivity contribution in [3.8, 4) is 0 Å². The van der Waals surface area contributed by atoms with Gasteiger partial charge in [0.05, 0.1) is 19.6 Å². The molecule has 3 atom stereocenters. The van der Waals surface area contributed by atoms with Gasteiger partial charge in [-0.1, -0.05) is 6.92 Å². The number of likely N-dealkylation sites (tertiary alicyclic amines) is 1. The fraction of sp³-hybridized carbons (Fsp3) is 0.917. The standard InChI is InChI=1S/C12H23NO3/c1-9(12(14)16-4)10(2)13-6-5-11(7-13)8-15-3/h9-11H,5-8H2,1-4H3. The van der Waals surface area contributed by atoms with E-state index in [4.69, 9.17) is 9.47 Å². The van der Waals surface area contributed by atoms with E-state index in [1.54, 1.807) is 7.11 Å². The van der Waals surface area contributed by atoms with Crippen molar-refractivity contribution in [2.75, 3.05) is 33.9 Å². The summed E-state index contributed by atoms with van der Waals surface area (Å²) in [6, 6.07) is 0.245. The van der Waals surface area contributed by atoms with Crippen LogP contribution in [0.4, 0.5) is 0 Å². The van der Waals surface area contributed by atoms with E-state index in [9.17, 15) is 4.79 Å².